The minimum Gasteiger partial charge on any atom is -0.456 e. The van der Waals surface area contributed by atoms with Crippen LogP contribution in [0.1, 0.15) is 22.3 Å². The van der Waals surface area contributed by atoms with Gasteiger partial charge in [-0.3, -0.25) is 0 Å². The third kappa shape index (κ3) is 6.29. The predicted octanol–water partition coefficient (Wildman–Crippen LogP) is 17.4. The summed E-state index contributed by atoms with van der Waals surface area (Å²) in [4.78, 5) is 10.8. The van der Waals surface area contributed by atoms with Gasteiger partial charge in [0, 0.05) is 27.5 Å². The van der Waals surface area contributed by atoms with Gasteiger partial charge in [0.1, 0.15) is 11.2 Å². The van der Waals surface area contributed by atoms with Crippen molar-refractivity contribution in [2.75, 3.05) is 0 Å². The van der Waals surface area contributed by atoms with E-state index in [-0.39, 0.29) is 0 Å². The van der Waals surface area contributed by atoms with Gasteiger partial charge in [-0.25, -0.2) is 9.97 Å². The highest BCUT2D eigenvalue weighted by Gasteiger charge is 2.46. The van der Waals surface area contributed by atoms with Gasteiger partial charge in [0.05, 0.1) is 16.8 Å². The molecule has 0 unspecified atom stereocenters. The van der Waals surface area contributed by atoms with Gasteiger partial charge in [0.2, 0.25) is 0 Å². The molecule has 0 N–H and O–H groups in total. The molecule has 1 aliphatic rings. The van der Waals surface area contributed by atoms with Crippen molar-refractivity contribution in [3.63, 3.8) is 0 Å². The SMILES string of the molecule is c1ccc(C2(c3ccccc3)c3ccccc3-c3ccc(-c4cc(-c5ccc(-c6ccc7oc8ccccc8c7c6)cc5)nc(-c5ccc(-c6cc7ccccc7c7ccccc67)cc5)n4)cc32)cc1. The van der Waals surface area contributed by atoms with Crippen LogP contribution in [0, 0.1) is 0 Å². The number of hydrogen-bond acceptors (Lipinski definition) is 3. The van der Waals surface area contributed by atoms with Crippen LogP contribution in [0.15, 0.2) is 259 Å². The normalized spacial score (nSPS) is 12.7. The molecule has 11 aromatic carbocycles. The lowest BCUT2D eigenvalue weighted by atomic mass is 9.67. The van der Waals surface area contributed by atoms with Gasteiger partial charge in [0.25, 0.3) is 0 Å². The molecule has 0 spiro atoms. The summed E-state index contributed by atoms with van der Waals surface area (Å²) in [7, 11) is 0. The topological polar surface area (TPSA) is 38.9 Å². The van der Waals surface area contributed by atoms with Crippen molar-refractivity contribution in [2.24, 2.45) is 0 Å². The Kier molecular flexibility index (Phi) is 9.11. The molecule has 13 aromatic rings. The number of fused-ring (bicyclic) bond motifs is 9. The first-order valence-electron chi connectivity index (χ1n) is 24.0. The molecule has 0 bridgehead atoms. The molecule has 0 fully saturated rings. The minimum atomic E-state index is -0.534. The number of para-hydroxylation sites is 1. The monoisotopic (exact) mass is 890 g/mol. The molecule has 326 valence electrons. The fourth-order valence-corrected chi connectivity index (χ4v) is 11.3. The summed E-state index contributed by atoms with van der Waals surface area (Å²) >= 11 is 0. The second-order valence-corrected chi connectivity index (χ2v) is 18.4. The molecular formula is C67H42N2O. The molecule has 2 heterocycles. The molecule has 14 rings (SSSR count). The summed E-state index contributed by atoms with van der Waals surface area (Å²) < 4.78 is 6.16. The average Bonchev–Trinajstić information content (AvgIpc) is 3.96. The summed E-state index contributed by atoms with van der Waals surface area (Å²) in [5.74, 6) is 0.671. The molecule has 3 heteroatoms. The van der Waals surface area contributed by atoms with Crippen molar-refractivity contribution in [2.45, 2.75) is 5.41 Å². The number of hydrogen-bond donors (Lipinski definition) is 0. The Morgan fingerprint density at radius 3 is 1.60 bits per heavy atom. The third-order valence-corrected chi connectivity index (χ3v) is 14.6. The second-order valence-electron chi connectivity index (χ2n) is 18.4. The van der Waals surface area contributed by atoms with Crippen LogP contribution in [0.2, 0.25) is 0 Å². The van der Waals surface area contributed by atoms with Crippen molar-refractivity contribution >= 4 is 43.5 Å². The molecule has 2 aromatic heterocycles. The highest BCUT2D eigenvalue weighted by atomic mass is 16.3. The first-order chi connectivity index (χ1) is 34.7. The highest BCUT2D eigenvalue weighted by molar-refractivity contribution is 6.14. The van der Waals surface area contributed by atoms with E-state index in [2.05, 4.69) is 243 Å². The van der Waals surface area contributed by atoms with E-state index in [1.54, 1.807) is 0 Å². The van der Waals surface area contributed by atoms with Crippen molar-refractivity contribution in [1.29, 1.82) is 0 Å². The van der Waals surface area contributed by atoms with Gasteiger partial charge in [-0.1, -0.05) is 218 Å². The minimum absolute atomic E-state index is 0.534. The quantitative estimate of drug-likeness (QED) is 0.150. The lowest BCUT2D eigenvalue weighted by Gasteiger charge is -2.34. The van der Waals surface area contributed by atoms with Crippen molar-refractivity contribution in [3.05, 3.63) is 277 Å². The largest absolute Gasteiger partial charge is 0.456 e. The summed E-state index contributed by atoms with van der Waals surface area (Å²) in [6, 6.07) is 91.9. The lowest BCUT2D eigenvalue weighted by molar-refractivity contribution is 0.669. The Labute approximate surface area is 405 Å². The summed E-state index contributed by atoms with van der Waals surface area (Å²) in [6.45, 7) is 0. The number of nitrogens with zero attached hydrogens (tertiary/aromatic N) is 2. The lowest BCUT2D eigenvalue weighted by Crippen LogP contribution is -2.28. The van der Waals surface area contributed by atoms with E-state index in [1.807, 2.05) is 12.1 Å². The van der Waals surface area contributed by atoms with Crippen LogP contribution in [-0.2, 0) is 5.41 Å². The van der Waals surface area contributed by atoms with Gasteiger partial charge < -0.3 is 4.42 Å². The van der Waals surface area contributed by atoms with E-state index in [4.69, 9.17) is 14.4 Å². The molecule has 3 nitrogen and oxygen atoms in total. The van der Waals surface area contributed by atoms with E-state index in [0.717, 1.165) is 66.7 Å². The zero-order chi connectivity index (χ0) is 46.2. The third-order valence-electron chi connectivity index (χ3n) is 14.6. The molecule has 0 aliphatic heterocycles. The molecule has 70 heavy (non-hydrogen) atoms. The van der Waals surface area contributed by atoms with Crippen LogP contribution in [-0.4, -0.2) is 9.97 Å². The first kappa shape index (κ1) is 39.9. The van der Waals surface area contributed by atoms with Gasteiger partial charge >= 0.3 is 0 Å². The maximum atomic E-state index is 6.16. The summed E-state index contributed by atoms with van der Waals surface area (Å²) in [5.41, 5.74) is 18.0. The number of aromatic nitrogens is 2. The molecular weight excluding hydrogens is 849 g/mol. The van der Waals surface area contributed by atoms with Crippen LogP contribution >= 0.6 is 0 Å². The fourth-order valence-electron chi connectivity index (χ4n) is 11.3. The van der Waals surface area contributed by atoms with Crippen molar-refractivity contribution < 1.29 is 4.42 Å². The number of furan rings is 1. The Hall–Kier alpha value is -9.18. The van der Waals surface area contributed by atoms with Gasteiger partial charge in [-0.2, -0.15) is 0 Å². The van der Waals surface area contributed by atoms with Crippen molar-refractivity contribution in [1.82, 2.24) is 9.97 Å². The maximum absolute atomic E-state index is 6.16. The Balaban J connectivity index is 0.925. The Morgan fingerprint density at radius 2 is 0.829 bits per heavy atom. The molecule has 0 atom stereocenters. The second kappa shape index (κ2) is 16.0. The smallest absolute Gasteiger partial charge is 0.160 e. The standard InChI is InChI=1S/C67H42N2O/c1-3-16-50(17-4-1)67(51-18-5-2-6-19-51)60-25-13-11-23-55(60)56-37-35-49(41-61(56)67)63-42-62(45-31-27-43(28-32-45)47-36-38-65-59(39-47)57-24-12-14-26-64(57)70-65)68-66(69-63)46-33-29-44(30-34-46)58-40-48-15-7-8-20-52(48)53-21-9-10-22-54(53)58/h1-42H. The van der Waals surface area contributed by atoms with Crippen molar-refractivity contribution in [3.8, 4) is 67.3 Å². The molecule has 0 radical (unpaired) electrons. The zero-order valence-electron chi connectivity index (χ0n) is 38.1. The van der Waals surface area contributed by atoms with Crippen LogP contribution in [0.5, 0.6) is 0 Å². The van der Waals surface area contributed by atoms with Gasteiger partial charge in [-0.05, 0) is 114 Å². The number of benzene rings is 11. The van der Waals surface area contributed by atoms with Crippen LogP contribution in [0.25, 0.3) is 111 Å². The fraction of sp³-hybridized carbons (Fsp3) is 0.0149. The van der Waals surface area contributed by atoms with Crippen LogP contribution < -0.4 is 0 Å². The average molecular weight is 891 g/mol. The zero-order valence-corrected chi connectivity index (χ0v) is 38.1. The first-order valence-corrected chi connectivity index (χ1v) is 24.0. The van der Waals surface area contributed by atoms with E-state index in [1.165, 1.54) is 60.5 Å². The Bertz CT molecular complexity index is 4110. The van der Waals surface area contributed by atoms with Crippen LogP contribution in [0.4, 0.5) is 0 Å². The molecule has 0 saturated heterocycles. The highest BCUT2D eigenvalue weighted by Crippen LogP contribution is 2.56. The predicted molar refractivity (Wildman–Crippen MR) is 289 cm³/mol. The van der Waals surface area contributed by atoms with Crippen LogP contribution in [0.3, 0.4) is 0 Å². The molecule has 1 aliphatic carbocycles. The molecule has 0 amide bonds. The molecule has 0 saturated carbocycles. The van der Waals surface area contributed by atoms with E-state index in [0.29, 0.717) is 5.82 Å². The van der Waals surface area contributed by atoms with Gasteiger partial charge in [-0.15, -0.1) is 0 Å². The Morgan fingerprint density at radius 1 is 0.286 bits per heavy atom. The van der Waals surface area contributed by atoms with E-state index < -0.39 is 5.41 Å². The summed E-state index contributed by atoms with van der Waals surface area (Å²) in [6.07, 6.45) is 0. The van der Waals surface area contributed by atoms with E-state index in [9.17, 15) is 0 Å². The number of rotatable bonds is 7. The summed E-state index contributed by atoms with van der Waals surface area (Å²) in [5, 5.41) is 7.21. The van der Waals surface area contributed by atoms with E-state index >= 15 is 0 Å². The maximum Gasteiger partial charge on any atom is 0.160 e. The van der Waals surface area contributed by atoms with Gasteiger partial charge in [0.15, 0.2) is 5.82 Å².